The number of thiophene rings is 1. The largest absolute Gasteiger partial charge is 0.321 e. The van der Waals surface area contributed by atoms with Crippen LogP contribution >= 0.6 is 22.9 Å². The molecule has 0 aliphatic carbocycles. The van der Waals surface area contributed by atoms with Crippen molar-refractivity contribution in [2.75, 3.05) is 5.32 Å². The number of halogens is 1. The average molecular weight is 366 g/mol. The molecule has 0 saturated heterocycles. The molecule has 0 saturated carbocycles. The fraction of sp³-hybridized carbons (Fsp3) is 0.0952. The molecule has 0 atom stereocenters. The van der Waals surface area contributed by atoms with Gasteiger partial charge in [0.15, 0.2) is 0 Å². The van der Waals surface area contributed by atoms with Crippen molar-refractivity contribution in [3.63, 3.8) is 0 Å². The van der Waals surface area contributed by atoms with Gasteiger partial charge in [-0.2, -0.15) is 0 Å². The minimum atomic E-state index is -0.163. The second-order valence-electron chi connectivity index (χ2n) is 6.18. The molecule has 1 heterocycles. The van der Waals surface area contributed by atoms with Crippen LogP contribution in [0.4, 0.5) is 5.69 Å². The van der Waals surface area contributed by atoms with Crippen LogP contribution in [-0.2, 0) is 0 Å². The molecule has 3 aromatic carbocycles. The van der Waals surface area contributed by atoms with Crippen LogP contribution in [0, 0.1) is 13.8 Å². The number of benzene rings is 3. The molecule has 25 heavy (non-hydrogen) atoms. The van der Waals surface area contributed by atoms with Gasteiger partial charge in [-0.25, -0.2) is 0 Å². The smallest absolute Gasteiger partial charge is 0.267 e. The van der Waals surface area contributed by atoms with Crippen molar-refractivity contribution in [1.29, 1.82) is 0 Å². The number of carbonyl (C=O) groups is 1. The number of anilines is 1. The van der Waals surface area contributed by atoms with Gasteiger partial charge in [0, 0.05) is 15.8 Å². The van der Waals surface area contributed by atoms with Crippen LogP contribution in [0.15, 0.2) is 54.6 Å². The van der Waals surface area contributed by atoms with Gasteiger partial charge in [-0.15, -0.1) is 11.3 Å². The second-order valence-corrected chi connectivity index (χ2v) is 7.61. The molecule has 0 aliphatic rings. The lowest BCUT2D eigenvalue weighted by Gasteiger charge is -2.08. The van der Waals surface area contributed by atoms with Gasteiger partial charge >= 0.3 is 0 Å². The maximum atomic E-state index is 12.8. The maximum absolute atomic E-state index is 12.8. The number of aryl methyl sites for hydroxylation is 2. The normalized spacial score (nSPS) is 11.2. The highest BCUT2D eigenvalue weighted by atomic mass is 35.5. The van der Waals surface area contributed by atoms with E-state index in [1.807, 2.05) is 56.3 Å². The minimum absolute atomic E-state index is 0.163. The molecule has 1 amide bonds. The SMILES string of the molecule is Cc1ccc(C)c(NC(=O)c2sc3ccc4ccccc4c3c2Cl)c1. The maximum Gasteiger partial charge on any atom is 0.267 e. The van der Waals surface area contributed by atoms with Gasteiger partial charge < -0.3 is 5.32 Å². The summed E-state index contributed by atoms with van der Waals surface area (Å²) in [6.07, 6.45) is 0. The van der Waals surface area contributed by atoms with Gasteiger partial charge in [0.1, 0.15) is 4.88 Å². The monoisotopic (exact) mass is 365 g/mol. The Labute approximate surface area is 155 Å². The molecular weight excluding hydrogens is 350 g/mol. The standard InChI is InChI=1S/C21H16ClNOS/c1-12-7-8-13(2)16(11-12)23-21(24)20-19(22)18-15-6-4-3-5-14(15)9-10-17(18)25-20/h3-11H,1-2H3,(H,23,24). The Morgan fingerprint density at radius 3 is 2.68 bits per heavy atom. The third-order valence-corrected chi connectivity index (χ3v) is 6.01. The number of hydrogen-bond acceptors (Lipinski definition) is 2. The highest BCUT2D eigenvalue weighted by Crippen LogP contribution is 2.40. The van der Waals surface area contributed by atoms with Gasteiger partial charge in [-0.05, 0) is 47.9 Å². The summed E-state index contributed by atoms with van der Waals surface area (Å²) < 4.78 is 1.02. The Bertz CT molecular complexity index is 1130. The van der Waals surface area contributed by atoms with Crippen molar-refractivity contribution in [3.8, 4) is 0 Å². The summed E-state index contributed by atoms with van der Waals surface area (Å²) in [4.78, 5) is 13.4. The first kappa shape index (κ1) is 16.1. The van der Waals surface area contributed by atoms with E-state index < -0.39 is 0 Å². The first-order chi connectivity index (χ1) is 12.0. The molecule has 4 heteroatoms. The summed E-state index contributed by atoms with van der Waals surface area (Å²) in [5.74, 6) is -0.163. The van der Waals surface area contributed by atoms with E-state index in [2.05, 4.69) is 17.4 Å². The predicted molar refractivity (Wildman–Crippen MR) is 108 cm³/mol. The third-order valence-electron chi connectivity index (χ3n) is 4.37. The predicted octanol–water partition coefficient (Wildman–Crippen LogP) is 6.58. The Kier molecular flexibility index (Phi) is 3.98. The van der Waals surface area contributed by atoms with Crippen molar-refractivity contribution in [3.05, 3.63) is 75.6 Å². The summed E-state index contributed by atoms with van der Waals surface area (Å²) in [5.41, 5.74) is 2.96. The van der Waals surface area contributed by atoms with Crippen LogP contribution < -0.4 is 5.32 Å². The summed E-state index contributed by atoms with van der Waals surface area (Å²) in [6, 6.07) is 18.2. The Hall–Kier alpha value is -2.36. The second kappa shape index (κ2) is 6.17. The molecule has 0 fully saturated rings. The van der Waals surface area contributed by atoms with E-state index in [0.717, 1.165) is 37.7 Å². The van der Waals surface area contributed by atoms with Gasteiger partial charge in [-0.1, -0.05) is 54.1 Å². The van der Waals surface area contributed by atoms with Crippen molar-refractivity contribution in [2.24, 2.45) is 0 Å². The molecule has 124 valence electrons. The lowest BCUT2D eigenvalue weighted by molar-refractivity contribution is 0.103. The van der Waals surface area contributed by atoms with Crippen LogP contribution in [0.2, 0.25) is 5.02 Å². The molecule has 0 radical (unpaired) electrons. The molecule has 0 unspecified atom stereocenters. The Morgan fingerprint density at radius 2 is 1.84 bits per heavy atom. The number of rotatable bonds is 2. The van der Waals surface area contributed by atoms with Crippen molar-refractivity contribution >= 4 is 55.4 Å². The van der Waals surface area contributed by atoms with Gasteiger partial charge in [-0.3, -0.25) is 4.79 Å². The topological polar surface area (TPSA) is 29.1 Å². The van der Waals surface area contributed by atoms with Gasteiger partial charge in [0.05, 0.1) is 5.02 Å². The van der Waals surface area contributed by atoms with E-state index in [-0.39, 0.29) is 5.91 Å². The summed E-state index contributed by atoms with van der Waals surface area (Å²) in [5, 5.41) is 6.68. The zero-order valence-corrected chi connectivity index (χ0v) is 15.5. The zero-order valence-electron chi connectivity index (χ0n) is 13.9. The number of carbonyl (C=O) groups excluding carboxylic acids is 1. The molecule has 0 aliphatic heterocycles. The zero-order chi connectivity index (χ0) is 17.6. The molecule has 0 bridgehead atoms. The number of nitrogens with one attached hydrogen (secondary N) is 1. The highest BCUT2D eigenvalue weighted by Gasteiger charge is 2.19. The van der Waals surface area contributed by atoms with Crippen LogP contribution in [0.25, 0.3) is 20.9 Å². The number of hydrogen-bond donors (Lipinski definition) is 1. The van der Waals surface area contributed by atoms with Crippen LogP contribution in [-0.4, -0.2) is 5.91 Å². The van der Waals surface area contributed by atoms with Crippen LogP contribution in [0.5, 0.6) is 0 Å². The highest BCUT2D eigenvalue weighted by molar-refractivity contribution is 7.22. The van der Waals surface area contributed by atoms with Crippen LogP contribution in [0.3, 0.4) is 0 Å². The van der Waals surface area contributed by atoms with Gasteiger partial charge in [0.2, 0.25) is 0 Å². The lowest BCUT2D eigenvalue weighted by atomic mass is 10.1. The molecule has 0 spiro atoms. The number of fused-ring (bicyclic) bond motifs is 3. The molecule has 1 N–H and O–H groups in total. The first-order valence-electron chi connectivity index (χ1n) is 8.03. The Morgan fingerprint density at radius 1 is 1.04 bits per heavy atom. The Balaban J connectivity index is 1.81. The minimum Gasteiger partial charge on any atom is -0.321 e. The van der Waals surface area contributed by atoms with E-state index in [4.69, 9.17) is 11.6 Å². The molecule has 1 aromatic heterocycles. The fourth-order valence-corrected chi connectivity index (χ4v) is 4.49. The lowest BCUT2D eigenvalue weighted by Crippen LogP contribution is -2.11. The summed E-state index contributed by atoms with van der Waals surface area (Å²) in [7, 11) is 0. The van der Waals surface area contributed by atoms with E-state index in [9.17, 15) is 4.79 Å². The molecule has 4 rings (SSSR count). The summed E-state index contributed by atoms with van der Waals surface area (Å²) in [6.45, 7) is 3.99. The average Bonchev–Trinajstić information content (AvgIpc) is 2.95. The van der Waals surface area contributed by atoms with E-state index in [1.54, 1.807) is 0 Å². The van der Waals surface area contributed by atoms with E-state index in [1.165, 1.54) is 11.3 Å². The molecule has 4 aromatic rings. The quantitative estimate of drug-likeness (QED) is 0.427. The van der Waals surface area contributed by atoms with Crippen molar-refractivity contribution < 1.29 is 4.79 Å². The van der Waals surface area contributed by atoms with E-state index in [0.29, 0.717) is 9.90 Å². The molecular formula is C21H16ClNOS. The van der Waals surface area contributed by atoms with Crippen molar-refractivity contribution in [2.45, 2.75) is 13.8 Å². The van der Waals surface area contributed by atoms with Crippen molar-refractivity contribution in [1.82, 2.24) is 0 Å². The van der Waals surface area contributed by atoms with E-state index >= 15 is 0 Å². The number of amides is 1. The van der Waals surface area contributed by atoms with Gasteiger partial charge in [0.25, 0.3) is 5.91 Å². The molecule has 2 nitrogen and oxygen atoms in total. The fourth-order valence-electron chi connectivity index (χ4n) is 3.03. The third kappa shape index (κ3) is 2.80. The first-order valence-corrected chi connectivity index (χ1v) is 9.22. The summed E-state index contributed by atoms with van der Waals surface area (Å²) >= 11 is 8.05. The van der Waals surface area contributed by atoms with Crippen LogP contribution in [0.1, 0.15) is 20.8 Å².